The lowest BCUT2D eigenvalue weighted by atomic mass is 10.1. The largest absolute Gasteiger partial charge is 0.369 e. The molecule has 1 heterocycles. The monoisotopic (exact) mass is 473 g/mol. The van der Waals surface area contributed by atoms with E-state index in [-0.39, 0.29) is 10.9 Å². The Hall–Kier alpha value is -2.24. The molecule has 0 saturated carbocycles. The Morgan fingerprint density at radius 1 is 0.806 bits per heavy atom. The molecular formula is C24H22Cl3N3O. The summed E-state index contributed by atoms with van der Waals surface area (Å²) in [5.41, 5.74) is 3.36. The van der Waals surface area contributed by atoms with E-state index in [1.807, 2.05) is 42.5 Å². The number of carbonyl (C=O) groups excluding carboxylic acids is 1. The Morgan fingerprint density at radius 3 is 2.19 bits per heavy atom. The van der Waals surface area contributed by atoms with Crippen molar-refractivity contribution in [2.75, 3.05) is 36.4 Å². The minimum absolute atomic E-state index is 0.257. The Labute approximate surface area is 197 Å². The van der Waals surface area contributed by atoms with Gasteiger partial charge < -0.3 is 10.2 Å². The number of piperazine rings is 1. The maximum Gasteiger partial charge on any atom is 0.257 e. The van der Waals surface area contributed by atoms with Crippen molar-refractivity contribution in [1.29, 1.82) is 0 Å². The summed E-state index contributed by atoms with van der Waals surface area (Å²) in [6.45, 7) is 4.68. The van der Waals surface area contributed by atoms with Gasteiger partial charge in [-0.1, -0.05) is 59.1 Å². The van der Waals surface area contributed by atoms with E-state index >= 15 is 0 Å². The number of rotatable bonds is 5. The molecule has 7 heteroatoms. The smallest absolute Gasteiger partial charge is 0.257 e. The van der Waals surface area contributed by atoms with Gasteiger partial charge in [-0.2, -0.15) is 0 Å². The number of anilines is 2. The minimum Gasteiger partial charge on any atom is -0.369 e. The molecule has 0 unspecified atom stereocenters. The van der Waals surface area contributed by atoms with Crippen molar-refractivity contribution in [3.8, 4) is 0 Å². The molecule has 3 aromatic carbocycles. The van der Waals surface area contributed by atoms with Crippen molar-refractivity contribution < 1.29 is 4.79 Å². The zero-order valence-electron chi connectivity index (χ0n) is 16.8. The third kappa shape index (κ3) is 5.34. The molecule has 1 aliphatic rings. The van der Waals surface area contributed by atoms with E-state index in [1.165, 1.54) is 0 Å². The van der Waals surface area contributed by atoms with E-state index in [1.54, 1.807) is 18.2 Å². The van der Waals surface area contributed by atoms with E-state index in [0.29, 0.717) is 16.3 Å². The van der Waals surface area contributed by atoms with Crippen molar-refractivity contribution in [1.82, 2.24) is 4.90 Å². The molecule has 3 aromatic rings. The lowest BCUT2D eigenvalue weighted by molar-refractivity contribution is 0.102. The molecule has 0 aliphatic carbocycles. The van der Waals surface area contributed by atoms with Crippen LogP contribution in [0, 0.1) is 0 Å². The van der Waals surface area contributed by atoms with Crippen molar-refractivity contribution >= 4 is 52.1 Å². The van der Waals surface area contributed by atoms with Crippen molar-refractivity contribution in [2.45, 2.75) is 6.54 Å². The van der Waals surface area contributed by atoms with Crippen LogP contribution in [0.1, 0.15) is 15.9 Å². The highest BCUT2D eigenvalue weighted by atomic mass is 35.5. The van der Waals surface area contributed by atoms with Crippen LogP contribution in [0.2, 0.25) is 15.1 Å². The van der Waals surface area contributed by atoms with Gasteiger partial charge in [-0.25, -0.2) is 0 Å². The van der Waals surface area contributed by atoms with Crippen LogP contribution in [0.3, 0.4) is 0 Å². The molecule has 0 atom stereocenters. The second kappa shape index (κ2) is 9.92. The van der Waals surface area contributed by atoms with Crippen LogP contribution in [0.15, 0.2) is 66.7 Å². The molecule has 1 amide bonds. The summed E-state index contributed by atoms with van der Waals surface area (Å²) < 4.78 is 0. The summed E-state index contributed by atoms with van der Waals surface area (Å²) in [6, 6.07) is 20.9. The Balaban J connectivity index is 1.33. The van der Waals surface area contributed by atoms with Gasteiger partial charge in [0, 0.05) is 49.1 Å². The summed E-state index contributed by atoms with van der Waals surface area (Å²) in [6.07, 6.45) is 0. The molecule has 1 aliphatic heterocycles. The van der Waals surface area contributed by atoms with Gasteiger partial charge in [-0.05, 0) is 48.0 Å². The highest BCUT2D eigenvalue weighted by molar-refractivity contribution is 6.44. The standard InChI is InChI=1S/C24H22Cl3N3O/c25-21-6-2-1-4-17(21)16-29-12-14-30(15-13-29)19-10-8-18(9-11-19)28-24(31)20-5-3-7-22(26)23(20)27/h1-11H,12-16H2,(H,28,31). The van der Waals surface area contributed by atoms with Crippen LogP contribution in [-0.4, -0.2) is 37.0 Å². The fraction of sp³-hybridized carbons (Fsp3) is 0.208. The third-order valence-electron chi connectivity index (χ3n) is 5.41. The average Bonchev–Trinajstić information content (AvgIpc) is 2.78. The minimum atomic E-state index is -0.284. The van der Waals surface area contributed by atoms with Crippen LogP contribution >= 0.6 is 34.8 Å². The fourth-order valence-corrected chi connectivity index (χ4v) is 4.25. The van der Waals surface area contributed by atoms with Crippen molar-refractivity contribution in [3.05, 3.63) is 92.9 Å². The highest BCUT2D eigenvalue weighted by Gasteiger charge is 2.18. The lowest BCUT2D eigenvalue weighted by Crippen LogP contribution is -2.46. The van der Waals surface area contributed by atoms with Gasteiger partial charge in [0.05, 0.1) is 15.6 Å². The van der Waals surface area contributed by atoms with Crippen LogP contribution in [0.4, 0.5) is 11.4 Å². The van der Waals surface area contributed by atoms with E-state index in [4.69, 9.17) is 34.8 Å². The molecule has 4 nitrogen and oxygen atoms in total. The zero-order valence-corrected chi connectivity index (χ0v) is 19.1. The SMILES string of the molecule is O=C(Nc1ccc(N2CCN(Cc3ccccc3Cl)CC2)cc1)c1cccc(Cl)c1Cl. The second-order valence-corrected chi connectivity index (χ2v) is 8.65. The zero-order chi connectivity index (χ0) is 21.8. The number of nitrogens with one attached hydrogen (secondary N) is 1. The molecule has 0 radical (unpaired) electrons. The van der Waals surface area contributed by atoms with Crippen LogP contribution < -0.4 is 10.2 Å². The normalized spacial score (nSPS) is 14.5. The Kier molecular flexibility index (Phi) is 7.03. The Bertz CT molecular complexity index is 1060. The number of nitrogens with zero attached hydrogens (tertiary/aromatic N) is 2. The van der Waals surface area contributed by atoms with Crippen LogP contribution in [0.5, 0.6) is 0 Å². The highest BCUT2D eigenvalue weighted by Crippen LogP contribution is 2.27. The first kappa shape index (κ1) is 22.0. The van der Waals surface area contributed by atoms with E-state index < -0.39 is 0 Å². The molecule has 1 N–H and O–H groups in total. The topological polar surface area (TPSA) is 35.6 Å². The van der Waals surface area contributed by atoms with Crippen LogP contribution in [0.25, 0.3) is 0 Å². The molecule has 160 valence electrons. The predicted molar refractivity (Wildman–Crippen MR) is 130 cm³/mol. The first-order chi connectivity index (χ1) is 15.0. The van der Waals surface area contributed by atoms with E-state index in [2.05, 4.69) is 21.2 Å². The second-order valence-electron chi connectivity index (χ2n) is 7.46. The van der Waals surface area contributed by atoms with Gasteiger partial charge in [-0.15, -0.1) is 0 Å². The van der Waals surface area contributed by atoms with Crippen molar-refractivity contribution in [2.24, 2.45) is 0 Å². The van der Waals surface area contributed by atoms with Crippen molar-refractivity contribution in [3.63, 3.8) is 0 Å². The molecule has 1 fully saturated rings. The molecule has 0 aromatic heterocycles. The van der Waals surface area contributed by atoms with Gasteiger partial charge in [0.1, 0.15) is 0 Å². The molecule has 4 rings (SSSR count). The number of halogens is 3. The molecule has 1 saturated heterocycles. The van der Waals surface area contributed by atoms with E-state index in [9.17, 15) is 4.79 Å². The first-order valence-corrected chi connectivity index (χ1v) is 11.2. The maximum absolute atomic E-state index is 12.5. The van der Waals surface area contributed by atoms with E-state index in [0.717, 1.165) is 49.0 Å². The van der Waals surface area contributed by atoms with Gasteiger partial charge in [0.2, 0.25) is 0 Å². The van der Waals surface area contributed by atoms with Gasteiger partial charge in [0.15, 0.2) is 0 Å². The van der Waals surface area contributed by atoms with Gasteiger partial charge in [-0.3, -0.25) is 9.69 Å². The summed E-state index contributed by atoms with van der Waals surface area (Å²) in [5.74, 6) is -0.284. The van der Waals surface area contributed by atoms with Gasteiger partial charge >= 0.3 is 0 Å². The molecule has 31 heavy (non-hydrogen) atoms. The maximum atomic E-state index is 12.5. The third-order valence-corrected chi connectivity index (χ3v) is 6.60. The summed E-state index contributed by atoms with van der Waals surface area (Å²) in [4.78, 5) is 17.3. The summed E-state index contributed by atoms with van der Waals surface area (Å²) in [5, 5.41) is 4.31. The quantitative estimate of drug-likeness (QED) is 0.477. The number of amides is 1. The predicted octanol–water partition coefficient (Wildman–Crippen LogP) is 6.22. The first-order valence-electron chi connectivity index (χ1n) is 10.1. The number of carbonyl (C=O) groups is 1. The Morgan fingerprint density at radius 2 is 1.48 bits per heavy atom. The number of benzene rings is 3. The summed E-state index contributed by atoms with van der Waals surface area (Å²) >= 11 is 18.4. The molecular weight excluding hydrogens is 453 g/mol. The van der Waals surface area contributed by atoms with Gasteiger partial charge in [0.25, 0.3) is 5.91 Å². The molecule has 0 spiro atoms. The lowest BCUT2D eigenvalue weighted by Gasteiger charge is -2.36. The number of hydrogen-bond donors (Lipinski definition) is 1. The fourth-order valence-electron chi connectivity index (χ4n) is 3.66. The average molecular weight is 475 g/mol. The van der Waals surface area contributed by atoms with Crippen LogP contribution in [-0.2, 0) is 6.54 Å². The summed E-state index contributed by atoms with van der Waals surface area (Å²) in [7, 11) is 0. The number of hydrogen-bond acceptors (Lipinski definition) is 3. The molecule has 0 bridgehead atoms.